The second-order valence-corrected chi connectivity index (χ2v) is 5.24. The molecule has 0 unspecified atom stereocenters. The molecule has 0 amide bonds. The number of aromatic nitrogens is 2. The number of para-hydroxylation sites is 1. The molecule has 1 aromatic heterocycles. The van der Waals surface area contributed by atoms with Crippen molar-refractivity contribution in [1.29, 1.82) is 0 Å². The predicted octanol–water partition coefficient (Wildman–Crippen LogP) is 3.16. The van der Waals surface area contributed by atoms with E-state index in [1.807, 2.05) is 18.2 Å². The quantitative estimate of drug-likeness (QED) is 0.821. The van der Waals surface area contributed by atoms with Crippen molar-refractivity contribution in [3.05, 3.63) is 37.8 Å². The summed E-state index contributed by atoms with van der Waals surface area (Å²) in [5.74, 6) is 0. The lowest BCUT2D eigenvalue weighted by atomic mass is 10.2. The molecular formula is C11H9BrN2OS. The zero-order chi connectivity index (χ0) is 11.3. The van der Waals surface area contributed by atoms with Crippen molar-refractivity contribution in [2.75, 3.05) is 0 Å². The molecule has 0 saturated heterocycles. The Morgan fingerprint density at radius 1 is 1.44 bits per heavy atom. The molecule has 3 rings (SSSR count). The van der Waals surface area contributed by atoms with Gasteiger partial charge in [0.25, 0.3) is 5.56 Å². The molecule has 5 heteroatoms. The second-order valence-electron chi connectivity index (χ2n) is 4.00. The van der Waals surface area contributed by atoms with E-state index in [-0.39, 0.29) is 5.56 Å². The Hall–Kier alpha value is -0.940. The molecule has 82 valence electrons. The minimum absolute atomic E-state index is 0.0163. The average molecular weight is 297 g/mol. The van der Waals surface area contributed by atoms with Crippen LogP contribution in [-0.4, -0.2) is 9.55 Å². The molecule has 1 N–H and O–H groups in total. The van der Waals surface area contributed by atoms with Crippen LogP contribution in [0, 0.1) is 4.77 Å². The van der Waals surface area contributed by atoms with E-state index < -0.39 is 0 Å². The van der Waals surface area contributed by atoms with Crippen LogP contribution in [0.2, 0.25) is 0 Å². The van der Waals surface area contributed by atoms with Crippen molar-refractivity contribution in [3.8, 4) is 0 Å². The molecule has 0 radical (unpaired) electrons. The molecule has 1 aliphatic carbocycles. The normalized spacial score (nSPS) is 15.6. The third-order valence-corrected chi connectivity index (χ3v) is 3.79. The Labute approximate surface area is 105 Å². The molecule has 16 heavy (non-hydrogen) atoms. The van der Waals surface area contributed by atoms with Gasteiger partial charge in [0.1, 0.15) is 0 Å². The van der Waals surface area contributed by atoms with Crippen molar-refractivity contribution in [2.24, 2.45) is 0 Å². The molecule has 0 aliphatic heterocycles. The monoisotopic (exact) mass is 296 g/mol. The molecule has 3 nitrogen and oxygen atoms in total. The maximum atomic E-state index is 12.2. The van der Waals surface area contributed by atoms with Crippen LogP contribution in [0.25, 0.3) is 10.9 Å². The van der Waals surface area contributed by atoms with Crippen molar-refractivity contribution in [1.82, 2.24) is 9.55 Å². The average Bonchev–Trinajstić information content (AvgIpc) is 3.04. The van der Waals surface area contributed by atoms with Gasteiger partial charge in [-0.25, -0.2) is 0 Å². The van der Waals surface area contributed by atoms with Gasteiger partial charge in [0.15, 0.2) is 4.77 Å². The number of nitrogens with zero attached hydrogens (tertiary/aromatic N) is 1. The summed E-state index contributed by atoms with van der Waals surface area (Å²) in [6.45, 7) is 0. The summed E-state index contributed by atoms with van der Waals surface area (Å²) in [7, 11) is 0. The molecule has 1 saturated carbocycles. The SMILES string of the molecule is O=c1c2cccc(Br)c2[nH]c(=S)n1C1CC1. The first-order chi connectivity index (χ1) is 7.68. The minimum Gasteiger partial charge on any atom is -0.331 e. The molecule has 1 aromatic carbocycles. The summed E-state index contributed by atoms with van der Waals surface area (Å²) in [5.41, 5.74) is 0.803. The van der Waals surface area contributed by atoms with E-state index in [4.69, 9.17) is 12.2 Å². The smallest absolute Gasteiger partial charge is 0.262 e. The summed E-state index contributed by atoms with van der Waals surface area (Å²) < 4.78 is 3.09. The molecule has 1 aliphatic rings. The highest BCUT2D eigenvalue weighted by molar-refractivity contribution is 9.10. The van der Waals surface area contributed by atoms with Crippen LogP contribution in [0.3, 0.4) is 0 Å². The lowest BCUT2D eigenvalue weighted by Crippen LogP contribution is -2.21. The second kappa shape index (κ2) is 3.53. The highest BCUT2D eigenvalue weighted by atomic mass is 79.9. The lowest BCUT2D eigenvalue weighted by Gasteiger charge is -2.07. The highest BCUT2D eigenvalue weighted by Crippen LogP contribution is 2.34. The molecule has 0 spiro atoms. The van der Waals surface area contributed by atoms with Gasteiger partial charge >= 0.3 is 0 Å². The van der Waals surface area contributed by atoms with Gasteiger partial charge in [-0.1, -0.05) is 6.07 Å². The lowest BCUT2D eigenvalue weighted by molar-refractivity contribution is 0.685. The van der Waals surface area contributed by atoms with E-state index in [2.05, 4.69) is 20.9 Å². The van der Waals surface area contributed by atoms with Crippen molar-refractivity contribution < 1.29 is 0 Å². The van der Waals surface area contributed by atoms with Gasteiger partial charge in [0, 0.05) is 10.5 Å². The van der Waals surface area contributed by atoms with Crippen molar-refractivity contribution in [3.63, 3.8) is 0 Å². The number of aromatic amines is 1. The maximum absolute atomic E-state index is 12.2. The number of hydrogen-bond acceptors (Lipinski definition) is 2. The fourth-order valence-corrected chi connectivity index (χ4v) is 2.68. The third kappa shape index (κ3) is 1.46. The van der Waals surface area contributed by atoms with Gasteiger partial charge in [-0.2, -0.15) is 0 Å². The number of H-pyrrole nitrogens is 1. The number of halogens is 1. The van der Waals surface area contributed by atoms with Crippen LogP contribution in [0.1, 0.15) is 18.9 Å². The van der Waals surface area contributed by atoms with Gasteiger partial charge in [-0.15, -0.1) is 0 Å². The predicted molar refractivity (Wildman–Crippen MR) is 69.4 cm³/mol. The van der Waals surface area contributed by atoms with Crippen LogP contribution in [0.4, 0.5) is 0 Å². The van der Waals surface area contributed by atoms with Crippen molar-refractivity contribution in [2.45, 2.75) is 18.9 Å². The first kappa shape index (κ1) is 10.2. The largest absolute Gasteiger partial charge is 0.331 e. The summed E-state index contributed by atoms with van der Waals surface area (Å²) in [6, 6.07) is 5.89. The zero-order valence-electron chi connectivity index (χ0n) is 8.37. The summed E-state index contributed by atoms with van der Waals surface area (Å²) in [6.07, 6.45) is 2.10. The molecule has 0 atom stereocenters. The number of nitrogens with one attached hydrogen (secondary N) is 1. The maximum Gasteiger partial charge on any atom is 0.262 e. The van der Waals surface area contributed by atoms with Gasteiger partial charge < -0.3 is 4.98 Å². The fraction of sp³-hybridized carbons (Fsp3) is 0.273. The molecule has 1 fully saturated rings. The van der Waals surface area contributed by atoms with Gasteiger partial charge in [-0.3, -0.25) is 9.36 Å². The van der Waals surface area contributed by atoms with E-state index in [0.29, 0.717) is 16.2 Å². The molecule has 2 aromatic rings. The Kier molecular flexibility index (Phi) is 2.26. The first-order valence-electron chi connectivity index (χ1n) is 5.11. The van der Waals surface area contributed by atoms with E-state index in [9.17, 15) is 4.79 Å². The fourth-order valence-electron chi connectivity index (χ4n) is 1.88. The Balaban J connectivity index is 2.48. The number of hydrogen-bond donors (Lipinski definition) is 1. The van der Waals surface area contributed by atoms with Gasteiger partial charge in [0.05, 0.1) is 10.9 Å². The Bertz CT molecular complexity index is 684. The summed E-state index contributed by atoms with van der Waals surface area (Å²) in [5, 5.41) is 0.690. The molecular weight excluding hydrogens is 288 g/mol. The first-order valence-corrected chi connectivity index (χ1v) is 6.31. The Morgan fingerprint density at radius 3 is 2.88 bits per heavy atom. The topological polar surface area (TPSA) is 37.8 Å². The number of benzene rings is 1. The Morgan fingerprint density at radius 2 is 2.19 bits per heavy atom. The van der Waals surface area contributed by atoms with E-state index in [1.165, 1.54) is 0 Å². The van der Waals surface area contributed by atoms with Crippen molar-refractivity contribution >= 4 is 39.1 Å². The van der Waals surface area contributed by atoms with Crippen LogP contribution < -0.4 is 5.56 Å². The standard InChI is InChI=1S/C11H9BrN2OS/c12-8-3-1-2-7-9(8)13-11(16)14(10(7)15)6-4-5-6/h1-3,6H,4-5H2,(H,13,16). The van der Waals surface area contributed by atoms with Crippen LogP contribution >= 0.6 is 28.1 Å². The summed E-state index contributed by atoms with van der Waals surface area (Å²) in [4.78, 5) is 15.4. The third-order valence-electron chi connectivity index (χ3n) is 2.83. The number of rotatable bonds is 1. The van der Waals surface area contributed by atoms with E-state index in [1.54, 1.807) is 4.57 Å². The van der Waals surface area contributed by atoms with Gasteiger partial charge in [-0.05, 0) is 53.1 Å². The van der Waals surface area contributed by atoms with Crippen LogP contribution in [-0.2, 0) is 0 Å². The highest BCUT2D eigenvalue weighted by Gasteiger charge is 2.26. The van der Waals surface area contributed by atoms with E-state index >= 15 is 0 Å². The van der Waals surface area contributed by atoms with E-state index in [0.717, 1.165) is 22.8 Å². The number of fused-ring (bicyclic) bond motifs is 1. The van der Waals surface area contributed by atoms with Crippen LogP contribution in [0.5, 0.6) is 0 Å². The molecule has 0 bridgehead atoms. The van der Waals surface area contributed by atoms with Crippen LogP contribution in [0.15, 0.2) is 27.5 Å². The molecule has 1 heterocycles. The summed E-state index contributed by atoms with van der Waals surface area (Å²) >= 11 is 8.65. The van der Waals surface area contributed by atoms with Gasteiger partial charge in [0.2, 0.25) is 0 Å². The minimum atomic E-state index is 0.0163. The zero-order valence-corrected chi connectivity index (χ0v) is 10.8.